The minimum atomic E-state index is -0.756. The second-order valence-electron chi connectivity index (χ2n) is 10.1. The van der Waals surface area contributed by atoms with E-state index in [2.05, 4.69) is 22.0 Å². The van der Waals surface area contributed by atoms with Crippen molar-refractivity contribution in [2.75, 3.05) is 38.1 Å². The molecule has 1 aromatic carbocycles. The number of benzene rings is 1. The number of carbonyl (C=O) groups excluding carboxylic acids is 3. The first-order chi connectivity index (χ1) is 18.0. The van der Waals surface area contributed by atoms with Crippen LogP contribution in [0.1, 0.15) is 45.4 Å². The number of anilines is 1. The third-order valence-electron chi connectivity index (χ3n) is 6.96. The zero-order valence-corrected chi connectivity index (χ0v) is 22.2. The van der Waals surface area contributed by atoms with E-state index < -0.39 is 5.92 Å². The molecule has 1 aromatic rings. The number of ether oxygens (including phenoxy) is 1. The van der Waals surface area contributed by atoms with Crippen LogP contribution in [0.5, 0.6) is 5.75 Å². The summed E-state index contributed by atoms with van der Waals surface area (Å²) in [5.41, 5.74) is 0.854. The van der Waals surface area contributed by atoms with E-state index in [1.165, 1.54) is 12.8 Å². The highest BCUT2D eigenvalue weighted by atomic mass is 32.2. The second-order valence-corrected chi connectivity index (χ2v) is 11.5. The van der Waals surface area contributed by atoms with Crippen LogP contribution in [0, 0.1) is 29.1 Å². The smallest absolute Gasteiger partial charge is 0.257 e. The number of nitrogens with one attached hydrogen (secondary N) is 3. The zero-order valence-electron chi connectivity index (χ0n) is 21.4. The summed E-state index contributed by atoms with van der Waals surface area (Å²) in [6.45, 7) is 4.42. The molecule has 0 radical (unpaired) electrons. The van der Waals surface area contributed by atoms with E-state index in [0.717, 1.165) is 25.1 Å². The van der Waals surface area contributed by atoms with Crippen LogP contribution in [-0.2, 0) is 14.4 Å². The molecule has 2 aliphatic carbocycles. The minimum Gasteiger partial charge on any atom is -0.484 e. The molecule has 4 rings (SSSR count). The van der Waals surface area contributed by atoms with Gasteiger partial charge in [-0.15, -0.1) is 11.8 Å². The van der Waals surface area contributed by atoms with E-state index in [9.17, 15) is 19.6 Å². The van der Waals surface area contributed by atoms with Crippen molar-refractivity contribution in [3.05, 3.63) is 24.3 Å². The average Bonchev–Trinajstić information content (AvgIpc) is 3.83. The molecule has 200 valence electrons. The van der Waals surface area contributed by atoms with E-state index in [4.69, 9.17) is 4.74 Å². The van der Waals surface area contributed by atoms with Crippen molar-refractivity contribution in [3.8, 4) is 11.8 Å². The van der Waals surface area contributed by atoms with E-state index in [-0.39, 0.29) is 35.0 Å². The molecule has 0 bridgehead atoms. The van der Waals surface area contributed by atoms with Crippen LogP contribution in [0.3, 0.4) is 0 Å². The molecular weight excluding hydrogens is 490 g/mol. The van der Waals surface area contributed by atoms with Gasteiger partial charge < -0.3 is 25.6 Å². The summed E-state index contributed by atoms with van der Waals surface area (Å²) in [5, 5.41) is 18.3. The number of rotatable bonds is 15. The highest BCUT2D eigenvalue weighted by Crippen LogP contribution is 2.37. The normalized spacial score (nSPS) is 21.7. The number of hydrogen-bond acceptors (Lipinski definition) is 7. The van der Waals surface area contributed by atoms with Gasteiger partial charge in [0.25, 0.3) is 5.91 Å². The van der Waals surface area contributed by atoms with Crippen LogP contribution < -0.4 is 20.7 Å². The second kappa shape index (κ2) is 13.0. The first kappa shape index (κ1) is 27.1. The zero-order chi connectivity index (χ0) is 26.2. The van der Waals surface area contributed by atoms with Crippen molar-refractivity contribution in [1.29, 1.82) is 5.26 Å². The topological polar surface area (TPSA) is 124 Å². The molecule has 10 heteroatoms. The van der Waals surface area contributed by atoms with Gasteiger partial charge in [0.2, 0.25) is 11.8 Å². The van der Waals surface area contributed by atoms with Gasteiger partial charge in [0, 0.05) is 44.4 Å². The van der Waals surface area contributed by atoms with Crippen molar-refractivity contribution < 1.29 is 19.1 Å². The summed E-state index contributed by atoms with van der Waals surface area (Å²) >= 11 is 1.55. The van der Waals surface area contributed by atoms with Gasteiger partial charge in [-0.25, -0.2) is 0 Å². The maximum Gasteiger partial charge on any atom is 0.257 e. The Bertz CT molecular complexity index is 1010. The molecule has 3 N–H and O–H groups in total. The fourth-order valence-corrected chi connectivity index (χ4v) is 5.90. The van der Waals surface area contributed by atoms with Crippen LogP contribution in [-0.4, -0.2) is 66.0 Å². The van der Waals surface area contributed by atoms with Crippen LogP contribution in [0.25, 0.3) is 0 Å². The fourth-order valence-electron chi connectivity index (χ4n) is 4.32. The van der Waals surface area contributed by atoms with Gasteiger partial charge in [0.15, 0.2) is 6.61 Å². The van der Waals surface area contributed by atoms with Crippen molar-refractivity contribution in [1.82, 2.24) is 15.5 Å². The first-order valence-electron chi connectivity index (χ1n) is 13.3. The standard InChI is InChI=1S/C27H37N5O4S/c1-2-32-25(12-20(14-28)26(34)31-16-19-8-9-19)37-23(27(32)35)10-11-29-21-4-3-5-22(13-21)36-17-24(33)30-15-18-6-7-18/h3-5,13,18-20,23,25,29H,2,6-12,15-17H2,1H3,(H,30,33)(H,31,34). The maximum atomic E-state index is 13.0. The molecule has 0 aromatic heterocycles. The Kier molecular flexibility index (Phi) is 9.56. The lowest BCUT2D eigenvalue weighted by Crippen LogP contribution is -2.38. The molecule has 2 saturated carbocycles. The fraction of sp³-hybridized carbons (Fsp3) is 0.630. The summed E-state index contributed by atoms with van der Waals surface area (Å²) in [4.78, 5) is 39.2. The first-order valence-corrected chi connectivity index (χ1v) is 14.3. The Balaban J connectivity index is 1.21. The predicted molar refractivity (Wildman–Crippen MR) is 143 cm³/mol. The average molecular weight is 528 g/mol. The molecule has 3 unspecified atom stereocenters. The number of nitriles is 1. The molecular formula is C27H37N5O4S. The van der Waals surface area contributed by atoms with Crippen LogP contribution in [0.4, 0.5) is 5.69 Å². The Morgan fingerprint density at radius 3 is 2.59 bits per heavy atom. The Hall–Kier alpha value is -2.93. The van der Waals surface area contributed by atoms with Gasteiger partial charge >= 0.3 is 0 Å². The summed E-state index contributed by atoms with van der Waals surface area (Å²) in [6.07, 6.45) is 5.62. The lowest BCUT2D eigenvalue weighted by Gasteiger charge is -2.23. The van der Waals surface area contributed by atoms with E-state index in [1.54, 1.807) is 16.7 Å². The number of amides is 3. The van der Waals surface area contributed by atoms with Crippen molar-refractivity contribution in [2.24, 2.45) is 17.8 Å². The quantitative estimate of drug-likeness (QED) is 0.320. The number of hydrogen-bond donors (Lipinski definition) is 3. The van der Waals surface area contributed by atoms with Crippen LogP contribution in [0.2, 0.25) is 0 Å². The molecule has 0 spiro atoms. The SMILES string of the molecule is CCN1C(=O)C(CCNc2cccc(OCC(=O)NCC3CC3)c2)SC1CC(C#N)C(=O)NCC1CC1. The predicted octanol–water partition coefficient (Wildman–Crippen LogP) is 2.74. The minimum absolute atomic E-state index is 0.0140. The largest absolute Gasteiger partial charge is 0.484 e. The van der Waals surface area contributed by atoms with E-state index >= 15 is 0 Å². The maximum absolute atomic E-state index is 13.0. The molecule has 9 nitrogen and oxygen atoms in total. The highest BCUT2D eigenvalue weighted by molar-refractivity contribution is 8.01. The van der Waals surface area contributed by atoms with E-state index in [1.807, 2.05) is 31.2 Å². The molecule has 3 aliphatic rings. The molecule has 3 fully saturated rings. The summed E-state index contributed by atoms with van der Waals surface area (Å²) in [5.74, 6) is 0.751. The van der Waals surface area contributed by atoms with Gasteiger partial charge in [-0.1, -0.05) is 6.07 Å². The molecule has 3 amide bonds. The van der Waals surface area contributed by atoms with Gasteiger partial charge in [0.05, 0.1) is 16.7 Å². The third kappa shape index (κ3) is 8.29. The van der Waals surface area contributed by atoms with Crippen molar-refractivity contribution >= 4 is 35.2 Å². The van der Waals surface area contributed by atoms with E-state index in [0.29, 0.717) is 50.1 Å². The van der Waals surface area contributed by atoms with Crippen molar-refractivity contribution in [3.63, 3.8) is 0 Å². The van der Waals surface area contributed by atoms with Gasteiger partial charge in [0.1, 0.15) is 11.7 Å². The Labute approximate surface area is 223 Å². The van der Waals surface area contributed by atoms with Crippen LogP contribution in [0.15, 0.2) is 24.3 Å². The number of nitrogens with zero attached hydrogens (tertiary/aromatic N) is 2. The van der Waals surface area contributed by atoms with Gasteiger partial charge in [-0.2, -0.15) is 5.26 Å². The molecule has 1 aliphatic heterocycles. The van der Waals surface area contributed by atoms with Crippen molar-refractivity contribution in [2.45, 2.75) is 56.1 Å². The highest BCUT2D eigenvalue weighted by Gasteiger charge is 2.41. The summed E-state index contributed by atoms with van der Waals surface area (Å²) in [7, 11) is 0. The molecule has 1 heterocycles. The van der Waals surface area contributed by atoms with Gasteiger partial charge in [-0.3, -0.25) is 14.4 Å². The lowest BCUT2D eigenvalue weighted by atomic mass is 10.1. The monoisotopic (exact) mass is 527 g/mol. The summed E-state index contributed by atoms with van der Waals surface area (Å²) in [6, 6.07) is 9.57. The molecule has 3 atom stereocenters. The molecule has 37 heavy (non-hydrogen) atoms. The third-order valence-corrected chi connectivity index (χ3v) is 8.49. The summed E-state index contributed by atoms with van der Waals surface area (Å²) < 4.78 is 5.63. The Morgan fingerprint density at radius 1 is 1.19 bits per heavy atom. The molecule has 1 saturated heterocycles. The number of carbonyl (C=O) groups is 3. The lowest BCUT2D eigenvalue weighted by molar-refractivity contribution is -0.131. The number of thioether (sulfide) groups is 1. The van der Waals surface area contributed by atoms with Gasteiger partial charge in [-0.05, 0) is 63.0 Å². The Morgan fingerprint density at radius 2 is 1.92 bits per heavy atom. The van der Waals surface area contributed by atoms with Crippen LogP contribution >= 0.6 is 11.8 Å².